The number of rotatable bonds is 3. The highest BCUT2D eigenvalue weighted by Gasteiger charge is 2.35. The van der Waals surface area contributed by atoms with Gasteiger partial charge in [0.15, 0.2) is 11.0 Å². The third kappa shape index (κ3) is 2.97. The Morgan fingerprint density at radius 3 is 2.66 bits per heavy atom. The molecule has 1 atom stereocenters. The molecule has 0 fully saturated rings. The number of benzene rings is 2. The number of thioether (sulfide) groups is 1. The zero-order valence-electron chi connectivity index (χ0n) is 16.9. The first-order valence-electron chi connectivity index (χ1n) is 10.0. The minimum atomic E-state index is -0.133. The van der Waals surface area contributed by atoms with Gasteiger partial charge in [0.1, 0.15) is 0 Å². The van der Waals surface area contributed by atoms with E-state index in [2.05, 4.69) is 59.8 Å². The van der Waals surface area contributed by atoms with Crippen molar-refractivity contribution in [3.63, 3.8) is 0 Å². The Labute approximate surface area is 175 Å². The molecule has 29 heavy (non-hydrogen) atoms. The molecule has 2 aliphatic heterocycles. The first kappa shape index (κ1) is 18.4. The summed E-state index contributed by atoms with van der Waals surface area (Å²) in [6.45, 7) is 6.53. The quantitative estimate of drug-likeness (QED) is 0.611. The van der Waals surface area contributed by atoms with Crippen LogP contribution in [0.15, 0.2) is 53.7 Å². The van der Waals surface area contributed by atoms with Gasteiger partial charge >= 0.3 is 0 Å². The zero-order chi connectivity index (χ0) is 20.2. The Morgan fingerprint density at radius 1 is 1.10 bits per heavy atom. The molecule has 5 nitrogen and oxygen atoms in total. The number of para-hydroxylation sites is 1. The molecule has 0 spiro atoms. The minimum Gasteiger partial charge on any atom is -0.308 e. The summed E-state index contributed by atoms with van der Waals surface area (Å²) in [5.74, 6) is 1.37. The average Bonchev–Trinajstić information content (AvgIpc) is 3.27. The molecule has 0 radical (unpaired) electrons. The lowest BCUT2D eigenvalue weighted by Gasteiger charge is -2.34. The van der Waals surface area contributed by atoms with E-state index in [9.17, 15) is 4.79 Å². The van der Waals surface area contributed by atoms with Crippen LogP contribution in [0.5, 0.6) is 0 Å². The lowest BCUT2D eigenvalue weighted by Crippen LogP contribution is -2.37. The fourth-order valence-corrected chi connectivity index (χ4v) is 5.62. The molecule has 1 aromatic heterocycles. The second kappa shape index (κ2) is 6.73. The van der Waals surface area contributed by atoms with Crippen LogP contribution in [0.4, 0.5) is 5.69 Å². The molecule has 6 heteroatoms. The molecule has 0 bridgehead atoms. The highest BCUT2D eigenvalue weighted by Crippen LogP contribution is 2.40. The number of fused-ring (bicyclic) bond motifs is 4. The van der Waals surface area contributed by atoms with E-state index in [4.69, 9.17) is 0 Å². The van der Waals surface area contributed by atoms with Gasteiger partial charge in [0.05, 0.1) is 5.75 Å². The van der Waals surface area contributed by atoms with Crippen molar-refractivity contribution >= 4 is 23.4 Å². The Kier molecular flexibility index (Phi) is 4.28. The lowest BCUT2D eigenvalue weighted by atomic mass is 9.87. The zero-order valence-corrected chi connectivity index (χ0v) is 17.7. The molecular formula is C23H24N4OS. The molecule has 148 valence electrons. The second-order valence-corrected chi connectivity index (χ2v) is 9.46. The number of carbonyl (C=O) groups is 1. The highest BCUT2D eigenvalue weighted by atomic mass is 32.2. The number of amides is 1. The number of anilines is 1. The Hall–Kier alpha value is -2.60. The SMILES string of the molecule is C[C@@H]1Cc2ccccc2N1C(=O)CSc1nnc2n1C(C)(C)Cc1ccccc1-2. The van der Waals surface area contributed by atoms with E-state index in [1.165, 1.54) is 22.9 Å². The van der Waals surface area contributed by atoms with Crippen LogP contribution in [0.3, 0.4) is 0 Å². The van der Waals surface area contributed by atoms with Gasteiger partial charge in [-0.3, -0.25) is 9.36 Å². The van der Waals surface area contributed by atoms with E-state index in [0.29, 0.717) is 5.75 Å². The highest BCUT2D eigenvalue weighted by molar-refractivity contribution is 7.99. The van der Waals surface area contributed by atoms with Crippen molar-refractivity contribution in [2.45, 2.75) is 50.4 Å². The Morgan fingerprint density at radius 2 is 1.83 bits per heavy atom. The molecule has 0 unspecified atom stereocenters. The topological polar surface area (TPSA) is 51.0 Å². The van der Waals surface area contributed by atoms with Gasteiger partial charge in [-0.05, 0) is 50.8 Å². The largest absolute Gasteiger partial charge is 0.308 e. The molecule has 5 rings (SSSR count). The third-order valence-electron chi connectivity index (χ3n) is 5.92. The monoisotopic (exact) mass is 404 g/mol. The van der Waals surface area contributed by atoms with Crippen LogP contribution < -0.4 is 4.90 Å². The number of carbonyl (C=O) groups excluding carboxylic acids is 1. The maximum atomic E-state index is 13.1. The van der Waals surface area contributed by atoms with E-state index in [-0.39, 0.29) is 17.5 Å². The van der Waals surface area contributed by atoms with Gasteiger partial charge in [-0.15, -0.1) is 10.2 Å². The summed E-state index contributed by atoms with van der Waals surface area (Å²) in [7, 11) is 0. The predicted octanol–water partition coefficient (Wildman–Crippen LogP) is 4.31. The average molecular weight is 405 g/mol. The Balaban J connectivity index is 1.41. The summed E-state index contributed by atoms with van der Waals surface area (Å²) in [5, 5.41) is 9.76. The lowest BCUT2D eigenvalue weighted by molar-refractivity contribution is -0.116. The van der Waals surface area contributed by atoms with Gasteiger partial charge in [0, 0.05) is 22.8 Å². The summed E-state index contributed by atoms with van der Waals surface area (Å²) < 4.78 is 2.20. The smallest absolute Gasteiger partial charge is 0.237 e. The van der Waals surface area contributed by atoms with E-state index in [1.807, 2.05) is 29.2 Å². The van der Waals surface area contributed by atoms with Crippen LogP contribution in [-0.4, -0.2) is 32.5 Å². The molecule has 0 N–H and O–H groups in total. The summed E-state index contributed by atoms with van der Waals surface area (Å²) in [6, 6.07) is 16.8. The van der Waals surface area contributed by atoms with E-state index >= 15 is 0 Å². The number of hydrogen-bond donors (Lipinski definition) is 0. The second-order valence-electron chi connectivity index (χ2n) is 8.52. The third-order valence-corrected chi connectivity index (χ3v) is 6.83. The fourth-order valence-electron chi connectivity index (χ4n) is 4.66. The molecule has 1 amide bonds. The molecular weight excluding hydrogens is 380 g/mol. The van der Waals surface area contributed by atoms with Crippen LogP contribution in [0.2, 0.25) is 0 Å². The van der Waals surface area contributed by atoms with Gasteiger partial charge in [-0.1, -0.05) is 54.2 Å². The maximum Gasteiger partial charge on any atom is 0.237 e. The first-order chi connectivity index (χ1) is 14.0. The molecule has 0 saturated carbocycles. The van der Waals surface area contributed by atoms with Gasteiger partial charge in [0.2, 0.25) is 5.91 Å². The summed E-state index contributed by atoms with van der Waals surface area (Å²) in [4.78, 5) is 15.0. The maximum absolute atomic E-state index is 13.1. The van der Waals surface area contributed by atoms with E-state index < -0.39 is 0 Å². The van der Waals surface area contributed by atoms with Crippen molar-refractivity contribution in [3.8, 4) is 11.4 Å². The van der Waals surface area contributed by atoms with Crippen molar-refractivity contribution in [2.75, 3.05) is 10.7 Å². The van der Waals surface area contributed by atoms with Gasteiger partial charge in [0.25, 0.3) is 0 Å². The van der Waals surface area contributed by atoms with Crippen molar-refractivity contribution in [1.29, 1.82) is 0 Å². The molecule has 2 aliphatic rings. The van der Waals surface area contributed by atoms with Crippen LogP contribution in [0, 0.1) is 0 Å². The first-order valence-corrected chi connectivity index (χ1v) is 11.0. The number of aromatic nitrogens is 3. The van der Waals surface area contributed by atoms with Gasteiger partial charge < -0.3 is 4.90 Å². The van der Waals surface area contributed by atoms with Crippen LogP contribution in [0.25, 0.3) is 11.4 Å². The van der Waals surface area contributed by atoms with Gasteiger partial charge in [-0.25, -0.2) is 0 Å². The predicted molar refractivity (Wildman–Crippen MR) is 116 cm³/mol. The van der Waals surface area contributed by atoms with Crippen molar-refractivity contribution in [2.24, 2.45) is 0 Å². The van der Waals surface area contributed by atoms with Crippen molar-refractivity contribution < 1.29 is 4.79 Å². The minimum absolute atomic E-state index is 0.124. The molecule has 0 saturated heterocycles. The fraction of sp³-hybridized carbons (Fsp3) is 0.348. The van der Waals surface area contributed by atoms with Crippen molar-refractivity contribution in [3.05, 3.63) is 59.7 Å². The number of nitrogens with zero attached hydrogens (tertiary/aromatic N) is 4. The molecule has 3 aromatic rings. The summed E-state index contributed by atoms with van der Waals surface area (Å²) in [6.07, 6.45) is 1.84. The summed E-state index contributed by atoms with van der Waals surface area (Å²) in [5.41, 5.74) is 4.60. The normalized spacial score (nSPS) is 18.9. The molecule has 3 heterocycles. The standard InChI is InChI=1S/C23H24N4OS/c1-15-12-16-8-5-7-11-19(16)26(15)20(28)14-29-22-25-24-21-18-10-6-4-9-17(18)13-23(2,3)27(21)22/h4-11,15H,12-14H2,1-3H3/t15-/m1/s1. The van der Waals surface area contributed by atoms with Crippen molar-refractivity contribution in [1.82, 2.24) is 14.8 Å². The van der Waals surface area contributed by atoms with Crippen LogP contribution >= 0.6 is 11.8 Å². The van der Waals surface area contributed by atoms with E-state index in [1.54, 1.807) is 0 Å². The Bertz CT molecular complexity index is 1100. The van der Waals surface area contributed by atoms with Crippen LogP contribution in [0.1, 0.15) is 31.9 Å². The van der Waals surface area contributed by atoms with Gasteiger partial charge in [-0.2, -0.15) is 0 Å². The molecule has 2 aromatic carbocycles. The summed E-state index contributed by atoms with van der Waals surface area (Å²) >= 11 is 1.49. The number of hydrogen-bond acceptors (Lipinski definition) is 4. The van der Waals surface area contributed by atoms with E-state index in [0.717, 1.165) is 35.1 Å². The van der Waals surface area contributed by atoms with Crippen LogP contribution in [-0.2, 0) is 23.2 Å². The molecule has 0 aliphatic carbocycles.